The second-order valence-corrected chi connectivity index (χ2v) is 5.66. The Kier molecular flexibility index (Phi) is 5.46. The standard InChI is InChI=1S/C16H21N5O2/c1-12(2)9-10-17-15-14(21(22)23)16(19-11-18-15)20(3)13-7-5-4-6-8-13/h4-8,11-12H,9-10H2,1-3H3,(H,17,18,19). The fraction of sp³-hybridized carbons (Fsp3) is 0.375. The first kappa shape index (κ1) is 16.7. The third-order valence-corrected chi connectivity index (χ3v) is 3.46. The second kappa shape index (κ2) is 7.53. The molecule has 1 N–H and O–H groups in total. The molecule has 2 rings (SSSR count). The normalized spacial score (nSPS) is 10.6. The number of nitrogens with zero attached hydrogens (tertiary/aromatic N) is 4. The van der Waals surface area contributed by atoms with Crippen LogP contribution in [0.4, 0.5) is 23.0 Å². The Morgan fingerprint density at radius 1 is 1.26 bits per heavy atom. The van der Waals surface area contributed by atoms with Crippen molar-refractivity contribution in [1.29, 1.82) is 0 Å². The molecule has 7 heteroatoms. The zero-order chi connectivity index (χ0) is 16.8. The van der Waals surface area contributed by atoms with Crippen molar-refractivity contribution < 1.29 is 4.92 Å². The molecule has 0 aliphatic rings. The molecular formula is C16H21N5O2. The summed E-state index contributed by atoms with van der Waals surface area (Å²) in [5.41, 5.74) is 0.713. The van der Waals surface area contributed by atoms with E-state index in [-0.39, 0.29) is 17.3 Å². The summed E-state index contributed by atoms with van der Waals surface area (Å²) in [6.07, 6.45) is 2.25. The van der Waals surface area contributed by atoms with Gasteiger partial charge in [-0.1, -0.05) is 32.0 Å². The van der Waals surface area contributed by atoms with E-state index in [1.807, 2.05) is 30.3 Å². The quantitative estimate of drug-likeness (QED) is 0.620. The summed E-state index contributed by atoms with van der Waals surface area (Å²) in [7, 11) is 1.75. The van der Waals surface area contributed by atoms with Gasteiger partial charge in [-0.3, -0.25) is 10.1 Å². The van der Waals surface area contributed by atoms with Crippen molar-refractivity contribution >= 4 is 23.0 Å². The molecule has 0 saturated carbocycles. The number of anilines is 3. The Morgan fingerprint density at radius 2 is 1.96 bits per heavy atom. The molecule has 0 unspecified atom stereocenters. The topological polar surface area (TPSA) is 84.2 Å². The van der Waals surface area contributed by atoms with Gasteiger partial charge in [-0.05, 0) is 24.5 Å². The summed E-state index contributed by atoms with van der Waals surface area (Å²) in [6, 6.07) is 9.39. The van der Waals surface area contributed by atoms with Crippen LogP contribution in [0.5, 0.6) is 0 Å². The third-order valence-electron chi connectivity index (χ3n) is 3.46. The lowest BCUT2D eigenvalue weighted by Gasteiger charge is -2.19. The van der Waals surface area contributed by atoms with E-state index < -0.39 is 4.92 Å². The molecular weight excluding hydrogens is 294 g/mol. The van der Waals surface area contributed by atoms with Gasteiger partial charge in [-0.25, -0.2) is 9.97 Å². The van der Waals surface area contributed by atoms with Gasteiger partial charge < -0.3 is 10.2 Å². The number of hydrogen-bond donors (Lipinski definition) is 1. The first-order chi connectivity index (χ1) is 11.0. The van der Waals surface area contributed by atoms with Crippen LogP contribution in [-0.2, 0) is 0 Å². The van der Waals surface area contributed by atoms with Crippen LogP contribution in [0.3, 0.4) is 0 Å². The average Bonchev–Trinajstić information content (AvgIpc) is 2.54. The maximum Gasteiger partial charge on any atom is 0.353 e. The number of hydrogen-bond acceptors (Lipinski definition) is 6. The molecule has 2 aromatic rings. The predicted octanol–water partition coefficient (Wildman–Crippen LogP) is 3.61. The van der Waals surface area contributed by atoms with E-state index in [4.69, 9.17) is 0 Å². The van der Waals surface area contributed by atoms with Gasteiger partial charge >= 0.3 is 5.69 Å². The van der Waals surface area contributed by atoms with E-state index in [1.165, 1.54) is 6.33 Å². The highest BCUT2D eigenvalue weighted by Gasteiger charge is 2.25. The van der Waals surface area contributed by atoms with E-state index in [1.54, 1.807) is 11.9 Å². The minimum atomic E-state index is -0.438. The number of para-hydroxylation sites is 1. The number of nitrogens with one attached hydrogen (secondary N) is 1. The lowest BCUT2D eigenvalue weighted by Crippen LogP contribution is -2.16. The molecule has 0 fully saturated rings. The zero-order valence-electron chi connectivity index (χ0n) is 13.6. The molecule has 0 amide bonds. The highest BCUT2D eigenvalue weighted by atomic mass is 16.6. The minimum Gasteiger partial charge on any atom is -0.364 e. The van der Waals surface area contributed by atoms with E-state index in [0.717, 1.165) is 12.1 Å². The summed E-state index contributed by atoms with van der Waals surface area (Å²) in [5.74, 6) is 1.03. The first-order valence-electron chi connectivity index (χ1n) is 7.52. The maximum atomic E-state index is 11.5. The molecule has 1 aromatic carbocycles. The molecule has 1 aromatic heterocycles. The van der Waals surface area contributed by atoms with E-state index in [9.17, 15) is 10.1 Å². The lowest BCUT2D eigenvalue weighted by molar-refractivity contribution is -0.383. The summed E-state index contributed by atoms with van der Waals surface area (Å²) < 4.78 is 0. The monoisotopic (exact) mass is 315 g/mol. The fourth-order valence-corrected chi connectivity index (χ4v) is 2.17. The van der Waals surface area contributed by atoms with Crippen molar-refractivity contribution in [1.82, 2.24) is 9.97 Å². The molecule has 122 valence electrons. The number of benzene rings is 1. The van der Waals surface area contributed by atoms with Crippen molar-refractivity contribution in [2.75, 3.05) is 23.8 Å². The van der Waals surface area contributed by atoms with Crippen LogP contribution >= 0.6 is 0 Å². The smallest absolute Gasteiger partial charge is 0.353 e. The van der Waals surface area contributed by atoms with Crippen molar-refractivity contribution in [3.8, 4) is 0 Å². The van der Waals surface area contributed by atoms with E-state index in [0.29, 0.717) is 12.5 Å². The lowest BCUT2D eigenvalue weighted by atomic mass is 10.1. The summed E-state index contributed by atoms with van der Waals surface area (Å²) in [5, 5.41) is 14.6. The van der Waals surface area contributed by atoms with Crippen LogP contribution in [0.2, 0.25) is 0 Å². The highest BCUT2D eigenvalue weighted by molar-refractivity contribution is 5.75. The predicted molar refractivity (Wildman–Crippen MR) is 91.1 cm³/mol. The molecule has 23 heavy (non-hydrogen) atoms. The molecule has 0 aliphatic carbocycles. The van der Waals surface area contributed by atoms with Crippen LogP contribution in [0.25, 0.3) is 0 Å². The Hall–Kier alpha value is -2.70. The fourth-order valence-electron chi connectivity index (χ4n) is 2.17. The SMILES string of the molecule is CC(C)CCNc1ncnc(N(C)c2ccccc2)c1[N+](=O)[O-]. The van der Waals surface area contributed by atoms with Gasteiger partial charge in [-0.15, -0.1) is 0 Å². The average molecular weight is 315 g/mol. The summed E-state index contributed by atoms with van der Waals surface area (Å²) in [4.78, 5) is 20.9. The first-order valence-corrected chi connectivity index (χ1v) is 7.52. The van der Waals surface area contributed by atoms with Crippen LogP contribution in [0, 0.1) is 16.0 Å². The van der Waals surface area contributed by atoms with Gasteiger partial charge in [-0.2, -0.15) is 0 Å². The molecule has 0 atom stereocenters. The number of rotatable bonds is 7. The van der Waals surface area contributed by atoms with Crippen molar-refractivity contribution in [3.63, 3.8) is 0 Å². The molecule has 7 nitrogen and oxygen atoms in total. The number of aromatic nitrogens is 2. The molecule has 1 heterocycles. The highest BCUT2D eigenvalue weighted by Crippen LogP contribution is 2.34. The van der Waals surface area contributed by atoms with Crippen LogP contribution < -0.4 is 10.2 Å². The van der Waals surface area contributed by atoms with Crippen LogP contribution in [0.15, 0.2) is 36.7 Å². The van der Waals surface area contributed by atoms with Gasteiger partial charge in [0.05, 0.1) is 4.92 Å². The molecule has 0 bridgehead atoms. The largest absolute Gasteiger partial charge is 0.364 e. The van der Waals surface area contributed by atoms with Gasteiger partial charge in [0.2, 0.25) is 11.6 Å². The third kappa shape index (κ3) is 4.15. The summed E-state index contributed by atoms with van der Waals surface area (Å²) >= 11 is 0. The van der Waals surface area contributed by atoms with Crippen LogP contribution in [0.1, 0.15) is 20.3 Å². The maximum absolute atomic E-state index is 11.5. The minimum absolute atomic E-state index is 0.109. The van der Waals surface area contributed by atoms with Crippen molar-refractivity contribution in [2.45, 2.75) is 20.3 Å². The molecule has 0 spiro atoms. The summed E-state index contributed by atoms with van der Waals surface area (Å²) in [6.45, 7) is 4.83. The van der Waals surface area contributed by atoms with Crippen LogP contribution in [-0.4, -0.2) is 28.5 Å². The van der Waals surface area contributed by atoms with Gasteiger partial charge in [0.25, 0.3) is 0 Å². The van der Waals surface area contributed by atoms with Gasteiger partial charge in [0.1, 0.15) is 6.33 Å². The Balaban J connectivity index is 2.34. The Bertz CT molecular complexity index is 661. The van der Waals surface area contributed by atoms with Crippen molar-refractivity contribution in [2.24, 2.45) is 5.92 Å². The van der Waals surface area contributed by atoms with Crippen molar-refractivity contribution in [3.05, 3.63) is 46.8 Å². The Morgan fingerprint density at radius 3 is 2.57 bits per heavy atom. The second-order valence-electron chi connectivity index (χ2n) is 5.66. The number of nitro groups is 1. The molecule has 0 aliphatic heterocycles. The van der Waals surface area contributed by atoms with E-state index in [2.05, 4.69) is 29.1 Å². The van der Waals surface area contributed by atoms with Gasteiger partial charge in [0.15, 0.2) is 0 Å². The van der Waals surface area contributed by atoms with Gasteiger partial charge in [0, 0.05) is 19.3 Å². The van der Waals surface area contributed by atoms with E-state index >= 15 is 0 Å². The zero-order valence-corrected chi connectivity index (χ0v) is 13.6. The molecule has 0 saturated heterocycles. The molecule has 0 radical (unpaired) electrons. The Labute approximate surface area is 135 Å².